The summed E-state index contributed by atoms with van der Waals surface area (Å²) in [6, 6.07) is 4.23. The number of likely N-dealkylation sites (N-methyl/N-ethyl adjacent to an activating group) is 1. The Bertz CT molecular complexity index is 768. The maximum atomic E-state index is 15.1. The Morgan fingerprint density at radius 2 is 2.12 bits per heavy atom. The zero-order valence-corrected chi connectivity index (χ0v) is 16.2. The van der Waals surface area contributed by atoms with Gasteiger partial charge in [0.1, 0.15) is 0 Å². The van der Waals surface area contributed by atoms with Crippen LogP contribution in [-0.4, -0.2) is 44.1 Å². The predicted octanol–water partition coefficient (Wildman–Crippen LogP) is 2.73. The number of fused-ring (bicyclic) bond motifs is 2. The minimum absolute atomic E-state index is 0.138. The molecule has 0 aromatic heterocycles. The third-order valence-corrected chi connectivity index (χ3v) is 8.16. The van der Waals surface area contributed by atoms with Crippen molar-refractivity contribution in [3.8, 4) is 0 Å². The number of halogens is 1. The first-order valence-corrected chi connectivity index (χ1v) is 11.6. The van der Waals surface area contributed by atoms with Gasteiger partial charge in [0.05, 0.1) is 16.7 Å². The van der Waals surface area contributed by atoms with Crippen molar-refractivity contribution >= 4 is 25.7 Å². The van der Waals surface area contributed by atoms with E-state index in [1.807, 2.05) is 0 Å². The highest BCUT2D eigenvalue weighted by Crippen LogP contribution is 2.60. The van der Waals surface area contributed by atoms with E-state index in [1.54, 1.807) is 27.1 Å². The molecular weight excluding hydrogens is 359 g/mol. The first-order valence-electron chi connectivity index (χ1n) is 8.60. The molecule has 2 heterocycles. The topological polar surface area (TPSA) is 92.9 Å². The van der Waals surface area contributed by atoms with E-state index in [9.17, 15) is 20.0 Å². The van der Waals surface area contributed by atoms with Gasteiger partial charge in [-0.05, 0) is 25.6 Å². The van der Waals surface area contributed by atoms with Gasteiger partial charge in [-0.1, -0.05) is 6.92 Å². The average Bonchev–Trinajstić information content (AvgIpc) is 2.96. The average molecular weight is 382 g/mol. The molecule has 4 atom stereocenters. The quantitative estimate of drug-likeness (QED) is 0.374. The number of aliphatic hydroxyl groups excluding tert-OH is 1. The Hall–Kier alpha value is -1.84. The summed E-state index contributed by atoms with van der Waals surface area (Å²) in [5.74, 6) is -0.840. The summed E-state index contributed by atoms with van der Waals surface area (Å²) in [7, 11) is -1.64. The number of ether oxygens (including phenoxy) is 1. The lowest BCUT2D eigenvalue weighted by Crippen LogP contribution is -2.44. The lowest BCUT2D eigenvalue weighted by atomic mass is 9.82. The van der Waals surface area contributed by atoms with Gasteiger partial charge in [-0.25, -0.2) is 0 Å². The second-order valence-corrected chi connectivity index (χ2v) is 11.4. The lowest BCUT2D eigenvalue weighted by molar-refractivity contribution is -0.385. The SMILES string of the molecule is C[C@H]1[C@H]([Si](C)(C)F)[C@@H](CCO)O[C@]12C(=O)N(C)c1ccc([N+](=O)[O-])cc12. The molecule has 0 aliphatic carbocycles. The van der Waals surface area contributed by atoms with Crippen LogP contribution in [0, 0.1) is 16.0 Å². The number of hydrogen-bond donors (Lipinski definition) is 1. The van der Waals surface area contributed by atoms with Gasteiger partial charge in [0, 0.05) is 42.8 Å². The number of carbonyl (C=O) groups excluding carboxylic acids is 1. The summed E-state index contributed by atoms with van der Waals surface area (Å²) in [5, 5.41) is 20.6. The first kappa shape index (κ1) is 18.9. The van der Waals surface area contributed by atoms with Crippen molar-refractivity contribution in [2.45, 2.75) is 43.7 Å². The lowest BCUT2D eigenvalue weighted by Gasteiger charge is -2.30. The van der Waals surface area contributed by atoms with Crippen molar-refractivity contribution in [2.75, 3.05) is 18.6 Å². The Labute approximate surface area is 152 Å². The second-order valence-electron chi connectivity index (χ2n) is 7.61. The van der Waals surface area contributed by atoms with Crippen molar-refractivity contribution in [1.82, 2.24) is 0 Å². The fourth-order valence-electron chi connectivity index (χ4n) is 4.65. The minimum Gasteiger partial charge on any atom is -0.396 e. The van der Waals surface area contributed by atoms with E-state index in [0.717, 1.165) is 0 Å². The van der Waals surface area contributed by atoms with E-state index in [1.165, 1.54) is 23.1 Å². The molecule has 26 heavy (non-hydrogen) atoms. The van der Waals surface area contributed by atoms with Crippen LogP contribution in [0.4, 0.5) is 15.5 Å². The standard InChI is InChI=1S/C17H23FN2O5Si/c1-10-15(26(3,4)18)14(7-8-21)25-17(10)12-9-11(20(23)24)5-6-13(12)19(2)16(17)22/h5-6,9-10,14-15,21H,7-8H2,1-4H3/t10-,14+,15-,17+/m0/s1. The number of nitro groups is 1. The van der Waals surface area contributed by atoms with Crippen LogP contribution in [0.3, 0.4) is 0 Å². The van der Waals surface area contributed by atoms with Crippen LogP contribution in [0.1, 0.15) is 18.9 Å². The van der Waals surface area contributed by atoms with Gasteiger partial charge in [-0.3, -0.25) is 14.9 Å². The number of non-ortho nitro benzene ring substituents is 1. The molecule has 3 rings (SSSR count). The molecule has 1 saturated heterocycles. The van der Waals surface area contributed by atoms with Crippen molar-refractivity contribution < 1.29 is 23.7 Å². The molecule has 0 bridgehead atoms. The van der Waals surface area contributed by atoms with Crippen LogP contribution in [0.5, 0.6) is 0 Å². The van der Waals surface area contributed by atoms with E-state index in [4.69, 9.17) is 4.74 Å². The number of nitrogens with zero attached hydrogens (tertiary/aromatic N) is 2. The van der Waals surface area contributed by atoms with Crippen molar-refractivity contribution in [3.05, 3.63) is 33.9 Å². The first-order chi connectivity index (χ1) is 12.1. The van der Waals surface area contributed by atoms with Crippen LogP contribution >= 0.6 is 0 Å². The normalized spacial score (nSPS) is 30.9. The minimum atomic E-state index is -3.23. The second kappa shape index (κ2) is 6.10. The summed E-state index contributed by atoms with van der Waals surface area (Å²) >= 11 is 0. The fraction of sp³-hybridized carbons (Fsp3) is 0.588. The highest BCUT2D eigenvalue weighted by molar-refractivity contribution is 6.72. The summed E-state index contributed by atoms with van der Waals surface area (Å²) < 4.78 is 21.3. The monoisotopic (exact) mass is 382 g/mol. The molecule has 1 N–H and O–H groups in total. The smallest absolute Gasteiger partial charge is 0.269 e. The molecular formula is C17H23FN2O5Si. The fourth-order valence-corrected chi connectivity index (χ4v) is 7.19. The van der Waals surface area contributed by atoms with Crippen LogP contribution in [-0.2, 0) is 15.1 Å². The van der Waals surface area contributed by atoms with Gasteiger partial charge in [-0.2, -0.15) is 0 Å². The molecule has 2 aliphatic rings. The molecule has 0 unspecified atom stereocenters. The number of hydrogen-bond acceptors (Lipinski definition) is 5. The highest BCUT2D eigenvalue weighted by Gasteiger charge is 2.66. The highest BCUT2D eigenvalue weighted by atomic mass is 28.4. The van der Waals surface area contributed by atoms with E-state index >= 15 is 4.11 Å². The van der Waals surface area contributed by atoms with Crippen LogP contribution in [0.25, 0.3) is 0 Å². The Morgan fingerprint density at radius 1 is 1.46 bits per heavy atom. The molecule has 1 fully saturated rings. The summed E-state index contributed by atoms with van der Waals surface area (Å²) in [5.41, 5.74) is -1.14. The number of carbonyl (C=O) groups is 1. The Morgan fingerprint density at radius 3 is 2.65 bits per heavy atom. The number of aliphatic hydroxyl groups is 1. The van der Waals surface area contributed by atoms with Gasteiger partial charge in [0.25, 0.3) is 11.6 Å². The number of rotatable bonds is 4. The van der Waals surface area contributed by atoms with Crippen molar-refractivity contribution in [2.24, 2.45) is 5.92 Å². The van der Waals surface area contributed by atoms with E-state index in [2.05, 4.69) is 0 Å². The molecule has 0 radical (unpaired) electrons. The molecule has 0 saturated carbocycles. The van der Waals surface area contributed by atoms with Gasteiger partial charge in [0.15, 0.2) is 5.60 Å². The van der Waals surface area contributed by atoms with Crippen molar-refractivity contribution in [1.29, 1.82) is 0 Å². The van der Waals surface area contributed by atoms with E-state index in [0.29, 0.717) is 11.3 Å². The summed E-state index contributed by atoms with van der Waals surface area (Å²) in [6.07, 6.45) is -0.387. The van der Waals surface area contributed by atoms with Crippen LogP contribution in [0.15, 0.2) is 18.2 Å². The maximum Gasteiger partial charge on any atom is 0.269 e. The Kier molecular flexibility index (Phi) is 4.44. The van der Waals surface area contributed by atoms with Gasteiger partial charge in [-0.15, -0.1) is 0 Å². The number of anilines is 1. The van der Waals surface area contributed by atoms with Crippen LogP contribution < -0.4 is 4.90 Å². The number of nitro benzene ring substituents is 1. The molecule has 1 amide bonds. The van der Waals surface area contributed by atoms with E-state index < -0.39 is 36.5 Å². The largest absolute Gasteiger partial charge is 0.396 e. The maximum absolute atomic E-state index is 15.1. The number of amides is 1. The molecule has 2 aliphatic heterocycles. The van der Waals surface area contributed by atoms with Crippen LogP contribution in [0.2, 0.25) is 18.6 Å². The summed E-state index contributed by atoms with van der Waals surface area (Å²) in [6.45, 7) is 4.73. The van der Waals surface area contributed by atoms with E-state index in [-0.39, 0.29) is 24.6 Å². The number of benzene rings is 1. The molecule has 1 aromatic carbocycles. The third-order valence-electron chi connectivity index (χ3n) is 5.70. The van der Waals surface area contributed by atoms with Gasteiger partial charge in [0.2, 0.25) is 8.41 Å². The zero-order chi connectivity index (χ0) is 19.4. The third kappa shape index (κ3) is 2.49. The molecule has 142 valence electrons. The van der Waals surface area contributed by atoms with Gasteiger partial charge < -0.3 is 18.9 Å². The molecule has 7 nitrogen and oxygen atoms in total. The molecule has 1 aromatic rings. The molecule has 1 spiro atoms. The molecule has 9 heteroatoms. The van der Waals surface area contributed by atoms with Gasteiger partial charge >= 0.3 is 0 Å². The summed E-state index contributed by atoms with van der Waals surface area (Å²) in [4.78, 5) is 25.3. The van der Waals surface area contributed by atoms with Crippen molar-refractivity contribution in [3.63, 3.8) is 0 Å². The zero-order valence-electron chi connectivity index (χ0n) is 15.2. The Balaban J connectivity index is 2.20. The predicted molar refractivity (Wildman–Crippen MR) is 96.3 cm³/mol.